The topological polar surface area (TPSA) is 18.5 Å². The Morgan fingerprint density at radius 1 is 1.26 bits per heavy atom. The lowest BCUT2D eigenvalue weighted by atomic mass is 9.69. The van der Waals surface area contributed by atoms with Crippen molar-refractivity contribution in [3.05, 3.63) is 113 Å². The molecule has 2 aliphatic carbocycles. The largest absolute Gasteiger partial charge is 0.501 e. The number of rotatable bonds is 10. The van der Waals surface area contributed by atoms with Gasteiger partial charge in [0.2, 0.25) is 0 Å². The third-order valence-corrected chi connectivity index (χ3v) is 6.99. The maximum absolute atomic E-state index is 5.92. The summed E-state index contributed by atoms with van der Waals surface area (Å²) >= 11 is 0. The van der Waals surface area contributed by atoms with Crippen LogP contribution in [-0.2, 0) is 9.47 Å². The molecule has 4 unspecified atom stereocenters. The summed E-state index contributed by atoms with van der Waals surface area (Å²) in [6.07, 6.45) is 21.9. The smallest absolute Gasteiger partial charge is 0.0953 e. The summed E-state index contributed by atoms with van der Waals surface area (Å²) in [5.74, 6) is 2.41. The van der Waals surface area contributed by atoms with Gasteiger partial charge in [-0.3, -0.25) is 0 Å². The molecule has 0 heterocycles. The number of ether oxygens (including phenoxy) is 2. The molecule has 0 amide bonds. The summed E-state index contributed by atoms with van der Waals surface area (Å²) in [6, 6.07) is 8.88. The summed E-state index contributed by atoms with van der Waals surface area (Å²) < 4.78 is 11.2. The molecule has 0 N–H and O–H groups in total. The quantitative estimate of drug-likeness (QED) is 0.154. The van der Waals surface area contributed by atoms with Crippen molar-refractivity contribution in [2.75, 3.05) is 20.8 Å². The Balaban J connectivity index is 2.00. The lowest BCUT2D eigenvalue weighted by Crippen LogP contribution is -2.28. The van der Waals surface area contributed by atoms with Crippen molar-refractivity contribution < 1.29 is 9.47 Å². The molecule has 0 saturated carbocycles. The van der Waals surface area contributed by atoms with Crippen LogP contribution in [0.25, 0.3) is 0 Å². The minimum absolute atomic E-state index is 0.257. The molecular formula is C32H40O2. The highest BCUT2D eigenvalue weighted by Crippen LogP contribution is 2.44. The van der Waals surface area contributed by atoms with Crippen LogP contribution in [0.1, 0.15) is 49.7 Å². The average Bonchev–Trinajstić information content (AvgIpc) is 3.13. The number of hydrogen-bond donors (Lipinski definition) is 0. The van der Waals surface area contributed by atoms with E-state index in [1.54, 1.807) is 14.2 Å². The van der Waals surface area contributed by atoms with Gasteiger partial charge in [-0.15, -0.1) is 5.73 Å². The summed E-state index contributed by atoms with van der Waals surface area (Å²) in [7, 11) is 3.56. The van der Waals surface area contributed by atoms with E-state index in [1.165, 1.54) is 22.3 Å². The van der Waals surface area contributed by atoms with Gasteiger partial charge < -0.3 is 9.47 Å². The number of hydrogen-bond acceptors (Lipinski definition) is 2. The van der Waals surface area contributed by atoms with E-state index in [9.17, 15) is 0 Å². The van der Waals surface area contributed by atoms with E-state index in [0.29, 0.717) is 17.8 Å². The van der Waals surface area contributed by atoms with Gasteiger partial charge in [-0.1, -0.05) is 73.7 Å². The Kier molecular flexibility index (Phi) is 10.0. The minimum atomic E-state index is 0.257. The predicted octanol–water partition coefficient (Wildman–Crippen LogP) is 8.02. The van der Waals surface area contributed by atoms with Crippen LogP contribution in [-0.4, -0.2) is 20.8 Å². The van der Waals surface area contributed by atoms with Crippen LogP contribution in [0.3, 0.4) is 0 Å². The summed E-state index contributed by atoms with van der Waals surface area (Å²) in [6.45, 7) is 9.35. The van der Waals surface area contributed by atoms with Gasteiger partial charge in [-0.25, -0.2) is 0 Å². The van der Waals surface area contributed by atoms with Crippen LogP contribution in [0, 0.1) is 24.7 Å². The Labute approximate surface area is 206 Å². The third kappa shape index (κ3) is 6.86. The molecule has 0 spiro atoms. The van der Waals surface area contributed by atoms with E-state index in [2.05, 4.69) is 93.0 Å². The second-order valence-corrected chi connectivity index (χ2v) is 9.35. The summed E-state index contributed by atoms with van der Waals surface area (Å²) in [4.78, 5) is 0. The molecule has 180 valence electrons. The molecule has 1 aromatic carbocycles. The van der Waals surface area contributed by atoms with Gasteiger partial charge in [0.25, 0.3) is 0 Å². The molecule has 34 heavy (non-hydrogen) atoms. The Morgan fingerprint density at radius 3 is 2.85 bits per heavy atom. The maximum atomic E-state index is 5.92. The van der Waals surface area contributed by atoms with Crippen LogP contribution < -0.4 is 0 Å². The zero-order valence-electron chi connectivity index (χ0n) is 21.3. The summed E-state index contributed by atoms with van der Waals surface area (Å²) in [5, 5.41) is 0. The highest BCUT2D eigenvalue weighted by Gasteiger charge is 2.34. The lowest BCUT2D eigenvalue weighted by molar-refractivity contribution is 0.173. The molecule has 1 aromatic rings. The maximum Gasteiger partial charge on any atom is 0.0953 e. The molecule has 3 rings (SSSR count). The first-order valence-electron chi connectivity index (χ1n) is 12.5. The SMILES string of the molecule is C=CC(=CC(C=CCCOC)C1CC(c2cccc(C)c2)C=C(OC)C1C)C1=CCCC=C=C1. The van der Waals surface area contributed by atoms with Gasteiger partial charge in [-0.05, 0) is 79.4 Å². The molecule has 0 saturated heterocycles. The zero-order valence-corrected chi connectivity index (χ0v) is 21.3. The molecule has 2 heteroatoms. The van der Waals surface area contributed by atoms with E-state index in [1.807, 2.05) is 6.08 Å². The highest BCUT2D eigenvalue weighted by atomic mass is 16.5. The van der Waals surface area contributed by atoms with Crippen molar-refractivity contribution in [2.24, 2.45) is 17.8 Å². The van der Waals surface area contributed by atoms with Crippen LogP contribution in [0.15, 0.2) is 102 Å². The minimum Gasteiger partial charge on any atom is -0.501 e. The molecule has 0 fully saturated rings. The summed E-state index contributed by atoms with van der Waals surface area (Å²) in [5.41, 5.74) is 8.36. The van der Waals surface area contributed by atoms with Crippen LogP contribution in [0.5, 0.6) is 0 Å². The van der Waals surface area contributed by atoms with Crippen molar-refractivity contribution in [1.82, 2.24) is 0 Å². The number of allylic oxidation sites excluding steroid dienone is 9. The lowest BCUT2D eigenvalue weighted by Gasteiger charge is -2.37. The fourth-order valence-electron chi connectivity index (χ4n) is 5.07. The van der Waals surface area contributed by atoms with Crippen molar-refractivity contribution in [1.29, 1.82) is 0 Å². The van der Waals surface area contributed by atoms with Gasteiger partial charge in [0.05, 0.1) is 12.9 Å². The van der Waals surface area contributed by atoms with Crippen molar-refractivity contribution in [3.63, 3.8) is 0 Å². The van der Waals surface area contributed by atoms with Gasteiger partial charge in [0.15, 0.2) is 0 Å². The second-order valence-electron chi connectivity index (χ2n) is 9.35. The van der Waals surface area contributed by atoms with Crippen molar-refractivity contribution in [3.8, 4) is 0 Å². The molecule has 0 radical (unpaired) electrons. The number of benzene rings is 1. The number of methoxy groups -OCH3 is 2. The van der Waals surface area contributed by atoms with Crippen LogP contribution in [0.4, 0.5) is 0 Å². The van der Waals surface area contributed by atoms with Crippen LogP contribution in [0.2, 0.25) is 0 Å². The Bertz CT molecular complexity index is 1010. The van der Waals surface area contributed by atoms with E-state index in [0.717, 1.165) is 38.0 Å². The molecule has 0 bridgehead atoms. The van der Waals surface area contributed by atoms with Gasteiger partial charge in [0.1, 0.15) is 0 Å². The second kappa shape index (κ2) is 13.2. The molecule has 0 aromatic heterocycles. The van der Waals surface area contributed by atoms with Crippen molar-refractivity contribution in [2.45, 2.75) is 45.4 Å². The molecule has 0 aliphatic heterocycles. The molecule has 4 atom stereocenters. The van der Waals surface area contributed by atoms with E-state index in [-0.39, 0.29) is 5.92 Å². The Hall–Kier alpha value is -2.80. The first-order valence-corrected chi connectivity index (χ1v) is 12.5. The average molecular weight is 457 g/mol. The van der Waals surface area contributed by atoms with Gasteiger partial charge >= 0.3 is 0 Å². The predicted molar refractivity (Wildman–Crippen MR) is 144 cm³/mol. The fourth-order valence-corrected chi connectivity index (χ4v) is 5.07. The van der Waals surface area contributed by atoms with Gasteiger partial charge in [0, 0.05) is 25.6 Å². The first kappa shape index (κ1) is 25.8. The molecular weight excluding hydrogens is 416 g/mol. The molecule has 2 nitrogen and oxygen atoms in total. The van der Waals surface area contributed by atoms with E-state index < -0.39 is 0 Å². The van der Waals surface area contributed by atoms with E-state index >= 15 is 0 Å². The third-order valence-electron chi connectivity index (χ3n) is 6.99. The zero-order chi connectivity index (χ0) is 24.3. The van der Waals surface area contributed by atoms with Gasteiger partial charge in [-0.2, -0.15) is 0 Å². The van der Waals surface area contributed by atoms with Crippen molar-refractivity contribution >= 4 is 0 Å². The monoisotopic (exact) mass is 456 g/mol. The normalized spacial score (nSPS) is 23.9. The number of aryl methyl sites for hydroxylation is 1. The highest BCUT2D eigenvalue weighted by molar-refractivity contribution is 5.47. The standard InChI is InChI=1S/C32H40O2/c1-6-26(27-15-9-7-8-10-16-27)21-29(17-11-12-19-33-4)31-22-30(23-32(34-5)25(31)3)28-18-13-14-24(2)20-28/h6-7,11,13-18,20-21,23,25,29-31H,1,8,10,12,19,22H2,2-5H3. The first-order chi connectivity index (χ1) is 16.6. The Morgan fingerprint density at radius 2 is 2.12 bits per heavy atom. The fraction of sp³-hybridized carbons (Fsp3) is 0.406. The molecule has 2 aliphatic rings. The van der Waals surface area contributed by atoms with Crippen LogP contribution >= 0.6 is 0 Å². The van der Waals surface area contributed by atoms with E-state index in [4.69, 9.17) is 9.47 Å².